The van der Waals surface area contributed by atoms with Gasteiger partial charge in [0.1, 0.15) is 5.76 Å². The molecule has 0 amide bonds. The molecular weight excluding hydrogens is 184 g/mol. The second kappa shape index (κ2) is 4.76. The first-order valence-corrected chi connectivity index (χ1v) is 4.37. The van der Waals surface area contributed by atoms with Crippen LogP contribution in [0.5, 0.6) is 0 Å². The number of aryl methyl sites for hydroxylation is 1. The van der Waals surface area contributed by atoms with Crippen molar-refractivity contribution < 1.29 is 14.1 Å². The Bertz CT molecular complexity index is 309. The quantitative estimate of drug-likeness (QED) is 0.716. The summed E-state index contributed by atoms with van der Waals surface area (Å²) in [5, 5.41) is 3.74. The van der Waals surface area contributed by atoms with Crippen molar-refractivity contribution in [2.24, 2.45) is 5.73 Å². The van der Waals surface area contributed by atoms with Crippen molar-refractivity contribution in [2.45, 2.75) is 19.3 Å². The highest BCUT2D eigenvalue weighted by molar-refractivity contribution is 5.70. The van der Waals surface area contributed by atoms with Crippen LogP contribution in [0.2, 0.25) is 0 Å². The first-order chi connectivity index (χ1) is 6.67. The number of carbonyl (C=O) groups excluding carboxylic acids is 1. The maximum Gasteiger partial charge on any atom is 0.306 e. The largest absolute Gasteiger partial charge is 0.469 e. The monoisotopic (exact) mass is 198 g/mol. The number of ether oxygens (including phenoxy) is 1. The van der Waals surface area contributed by atoms with Crippen molar-refractivity contribution in [1.82, 2.24) is 5.16 Å². The van der Waals surface area contributed by atoms with Crippen LogP contribution in [0, 0.1) is 6.92 Å². The molecule has 1 rings (SSSR count). The summed E-state index contributed by atoms with van der Waals surface area (Å²) in [7, 11) is 1.35. The van der Waals surface area contributed by atoms with Crippen LogP contribution in [0.1, 0.15) is 23.8 Å². The second-order valence-corrected chi connectivity index (χ2v) is 3.08. The zero-order chi connectivity index (χ0) is 10.6. The van der Waals surface area contributed by atoms with Crippen molar-refractivity contribution in [3.05, 3.63) is 17.5 Å². The Morgan fingerprint density at radius 1 is 1.79 bits per heavy atom. The molecule has 78 valence electrons. The molecule has 1 aromatic rings. The van der Waals surface area contributed by atoms with Crippen LogP contribution in [-0.2, 0) is 9.53 Å². The molecule has 0 aliphatic heterocycles. The van der Waals surface area contributed by atoms with Gasteiger partial charge >= 0.3 is 5.97 Å². The Labute approximate surface area is 82.2 Å². The Hall–Kier alpha value is -1.36. The minimum atomic E-state index is -0.297. The number of aromatic nitrogens is 1. The zero-order valence-corrected chi connectivity index (χ0v) is 8.32. The molecule has 5 heteroatoms. The van der Waals surface area contributed by atoms with Gasteiger partial charge in [-0.05, 0) is 6.92 Å². The van der Waals surface area contributed by atoms with E-state index in [1.807, 2.05) is 6.92 Å². The Morgan fingerprint density at radius 3 is 2.93 bits per heavy atom. The summed E-state index contributed by atoms with van der Waals surface area (Å²) >= 11 is 0. The van der Waals surface area contributed by atoms with Crippen molar-refractivity contribution in [2.75, 3.05) is 13.7 Å². The molecule has 0 saturated heterocycles. The lowest BCUT2D eigenvalue weighted by atomic mass is 10.0. The molecule has 5 nitrogen and oxygen atoms in total. The van der Waals surface area contributed by atoms with E-state index in [2.05, 4.69) is 9.89 Å². The predicted octanol–water partition coefficient (Wildman–Crippen LogP) is 0.588. The molecule has 0 saturated carbocycles. The zero-order valence-electron chi connectivity index (χ0n) is 8.32. The van der Waals surface area contributed by atoms with Gasteiger partial charge in [0.05, 0.1) is 19.2 Å². The molecule has 0 aliphatic rings. The third kappa shape index (κ3) is 2.56. The first-order valence-electron chi connectivity index (χ1n) is 4.37. The predicted molar refractivity (Wildman–Crippen MR) is 49.7 cm³/mol. The number of nitrogens with zero attached hydrogens (tertiary/aromatic N) is 1. The fraction of sp³-hybridized carbons (Fsp3) is 0.556. The molecule has 2 N–H and O–H groups in total. The highest BCUT2D eigenvalue weighted by Gasteiger charge is 2.18. The van der Waals surface area contributed by atoms with Crippen molar-refractivity contribution in [3.63, 3.8) is 0 Å². The maximum absolute atomic E-state index is 11.0. The fourth-order valence-corrected chi connectivity index (χ4v) is 1.16. The Kier molecular flexibility index (Phi) is 3.64. The topological polar surface area (TPSA) is 78.4 Å². The van der Waals surface area contributed by atoms with Crippen LogP contribution in [0.15, 0.2) is 10.6 Å². The average molecular weight is 198 g/mol. The summed E-state index contributed by atoms with van der Waals surface area (Å²) in [4.78, 5) is 11.0. The number of hydrogen-bond acceptors (Lipinski definition) is 5. The third-order valence-electron chi connectivity index (χ3n) is 1.97. The smallest absolute Gasteiger partial charge is 0.306 e. The van der Waals surface area contributed by atoms with Crippen LogP contribution < -0.4 is 5.73 Å². The second-order valence-electron chi connectivity index (χ2n) is 3.08. The Morgan fingerprint density at radius 2 is 2.50 bits per heavy atom. The van der Waals surface area contributed by atoms with E-state index < -0.39 is 0 Å². The summed E-state index contributed by atoms with van der Waals surface area (Å²) in [6.07, 6.45) is 0.224. The molecular formula is C9H14N2O3. The fourth-order valence-electron chi connectivity index (χ4n) is 1.16. The van der Waals surface area contributed by atoms with E-state index in [1.165, 1.54) is 7.11 Å². The van der Waals surface area contributed by atoms with Gasteiger partial charge in [-0.25, -0.2) is 0 Å². The molecule has 1 heterocycles. The highest BCUT2D eigenvalue weighted by Crippen LogP contribution is 2.19. The van der Waals surface area contributed by atoms with E-state index in [0.717, 1.165) is 5.69 Å². The van der Waals surface area contributed by atoms with Crippen LogP contribution in [0.3, 0.4) is 0 Å². The van der Waals surface area contributed by atoms with Gasteiger partial charge in [-0.1, -0.05) is 5.16 Å². The van der Waals surface area contributed by atoms with Crippen LogP contribution in [-0.4, -0.2) is 24.8 Å². The summed E-state index contributed by atoms with van der Waals surface area (Å²) < 4.78 is 9.58. The van der Waals surface area contributed by atoms with Crippen LogP contribution in [0.25, 0.3) is 0 Å². The van der Waals surface area contributed by atoms with Gasteiger partial charge in [-0.2, -0.15) is 0 Å². The molecule has 0 aromatic carbocycles. The van der Waals surface area contributed by atoms with E-state index in [4.69, 9.17) is 10.3 Å². The molecule has 1 unspecified atom stereocenters. The van der Waals surface area contributed by atoms with Gasteiger partial charge in [0.25, 0.3) is 0 Å². The molecule has 0 spiro atoms. The molecule has 0 radical (unpaired) electrons. The van der Waals surface area contributed by atoms with Crippen molar-refractivity contribution in [3.8, 4) is 0 Å². The molecule has 1 aromatic heterocycles. The Balaban J connectivity index is 2.67. The summed E-state index contributed by atoms with van der Waals surface area (Å²) in [5.41, 5.74) is 6.30. The van der Waals surface area contributed by atoms with E-state index >= 15 is 0 Å². The molecule has 0 fully saturated rings. The van der Waals surface area contributed by atoms with E-state index in [9.17, 15) is 4.79 Å². The van der Waals surface area contributed by atoms with Crippen LogP contribution in [0.4, 0.5) is 0 Å². The van der Waals surface area contributed by atoms with Gasteiger partial charge in [0.15, 0.2) is 0 Å². The lowest BCUT2D eigenvalue weighted by Crippen LogP contribution is -2.16. The van der Waals surface area contributed by atoms with Gasteiger partial charge in [-0.3, -0.25) is 4.79 Å². The van der Waals surface area contributed by atoms with Gasteiger partial charge in [0, 0.05) is 18.5 Å². The molecule has 1 atom stereocenters. The van der Waals surface area contributed by atoms with Gasteiger partial charge < -0.3 is 15.0 Å². The minimum Gasteiger partial charge on any atom is -0.469 e. The van der Waals surface area contributed by atoms with Gasteiger partial charge in [-0.15, -0.1) is 0 Å². The highest BCUT2D eigenvalue weighted by atomic mass is 16.5. The number of nitrogens with two attached hydrogens (primary N) is 1. The number of rotatable bonds is 4. The average Bonchev–Trinajstić information content (AvgIpc) is 2.60. The van der Waals surface area contributed by atoms with E-state index in [0.29, 0.717) is 12.3 Å². The van der Waals surface area contributed by atoms with Crippen molar-refractivity contribution in [1.29, 1.82) is 0 Å². The number of methoxy groups -OCH3 is 1. The normalized spacial score (nSPS) is 12.5. The van der Waals surface area contributed by atoms with Crippen molar-refractivity contribution >= 4 is 5.97 Å². The van der Waals surface area contributed by atoms with Crippen LogP contribution >= 0.6 is 0 Å². The molecule has 14 heavy (non-hydrogen) atoms. The maximum atomic E-state index is 11.0. The summed E-state index contributed by atoms with van der Waals surface area (Å²) in [5.74, 6) is 0.188. The van der Waals surface area contributed by atoms with Gasteiger partial charge in [0.2, 0.25) is 0 Å². The number of hydrogen-bond donors (Lipinski definition) is 1. The molecule has 0 aliphatic carbocycles. The number of esters is 1. The lowest BCUT2D eigenvalue weighted by molar-refractivity contribution is -0.141. The van der Waals surface area contributed by atoms with E-state index in [-0.39, 0.29) is 18.3 Å². The first kappa shape index (κ1) is 10.7. The van der Waals surface area contributed by atoms with E-state index in [1.54, 1.807) is 6.07 Å². The summed E-state index contributed by atoms with van der Waals surface area (Å²) in [6, 6.07) is 1.78. The standard InChI is InChI=1S/C9H14N2O3/c1-6-3-8(14-11-6)7(5-10)4-9(12)13-2/h3,7H,4-5,10H2,1-2H3. The summed E-state index contributed by atoms with van der Waals surface area (Å²) in [6.45, 7) is 2.16. The third-order valence-corrected chi connectivity index (χ3v) is 1.97. The molecule has 0 bridgehead atoms. The SMILES string of the molecule is COC(=O)CC(CN)c1cc(C)no1. The number of carbonyl (C=O) groups is 1. The minimum absolute atomic E-state index is 0.149. The lowest BCUT2D eigenvalue weighted by Gasteiger charge is -2.08.